The van der Waals surface area contributed by atoms with Crippen molar-refractivity contribution in [3.8, 4) is 0 Å². The van der Waals surface area contributed by atoms with Gasteiger partial charge < -0.3 is 4.90 Å². The molecule has 0 aliphatic carbocycles. The predicted molar refractivity (Wildman–Crippen MR) is 94.8 cm³/mol. The van der Waals surface area contributed by atoms with E-state index in [2.05, 4.69) is 17.0 Å². The monoisotopic (exact) mass is 316 g/mol. The van der Waals surface area contributed by atoms with Crippen molar-refractivity contribution in [2.24, 2.45) is 0 Å². The lowest BCUT2D eigenvalue weighted by molar-refractivity contribution is -0.481. The van der Waals surface area contributed by atoms with Gasteiger partial charge in [-0.05, 0) is 35.4 Å². The van der Waals surface area contributed by atoms with Gasteiger partial charge in [0.1, 0.15) is 0 Å². The van der Waals surface area contributed by atoms with Crippen molar-refractivity contribution in [3.63, 3.8) is 0 Å². The lowest BCUT2D eigenvalue weighted by atomic mass is 9.84. The summed E-state index contributed by atoms with van der Waals surface area (Å²) in [6.07, 6.45) is 0. The summed E-state index contributed by atoms with van der Waals surface area (Å²) in [6, 6.07) is 26.0. The number of rotatable bonds is 3. The molecule has 0 saturated carbocycles. The summed E-state index contributed by atoms with van der Waals surface area (Å²) in [5.41, 5.74) is 5.06. The highest BCUT2D eigenvalue weighted by Gasteiger charge is 2.33. The summed E-state index contributed by atoms with van der Waals surface area (Å²) in [7, 11) is 0. The molecule has 1 aliphatic heterocycles. The number of nitrogens with zero attached hydrogens (tertiary/aromatic N) is 2. The average Bonchev–Trinajstić information content (AvgIpc) is 2.62. The van der Waals surface area contributed by atoms with Gasteiger partial charge in [0, 0.05) is 10.6 Å². The zero-order chi connectivity index (χ0) is 16.5. The highest BCUT2D eigenvalue weighted by atomic mass is 16.6. The van der Waals surface area contributed by atoms with Crippen LogP contribution in [0.25, 0.3) is 0 Å². The molecule has 0 amide bonds. The summed E-state index contributed by atoms with van der Waals surface area (Å²) in [4.78, 5) is 13.2. The Kier molecular flexibility index (Phi) is 3.50. The maximum absolute atomic E-state index is 11.2. The highest BCUT2D eigenvalue weighted by Crippen LogP contribution is 2.48. The standard InChI is InChI=1S/C20H16N2O2/c23-21(24)14-18-16-10-4-6-12-19(16)22(15-8-2-1-3-9-15)20-13-7-5-11-17(18)20/h1-13,18H,14H2. The molecule has 1 aliphatic rings. The summed E-state index contributed by atoms with van der Waals surface area (Å²) < 4.78 is 0. The minimum Gasteiger partial charge on any atom is -0.310 e. The molecule has 0 atom stereocenters. The van der Waals surface area contributed by atoms with Crippen LogP contribution >= 0.6 is 0 Å². The van der Waals surface area contributed by atoms with E-state index in [1.165, 1.54) is 0 Å². The first-order valence-corrected chi connectivity index (χ1v) is 7.90. The first-order chi connectivity index (χ1) is 11.8. The van der Waals surface area contributed by atoms with Gasteiger partial charge in [-0.25, -0.2) is 0 Å². The summed E-state index contributed by atoms with van der Waals surface area (Å²) in [6.45, 7) is -0.101. The third-order valence-corrected chi connectivity index (χ3v) is 4.45. The van der Waals surface area contributed by atoms with E-state index in [1.54, 1.807) is 0 Å². The zero-order valence-corrected chi connectivity index (χ0v) is 13.0. The van der Waals surface area contributed by atoms with Crippen molar-refractivity contribution < 1.29 is 4.92 Å². The molecule has 0 spiro atoms. The van der Waals surface area contributed by atoms with Crippen molar-refractivity contribution in [3.05, 3.63) is 100 Å². The zero-order valence-electron chi connectivity index (χ0n) is 13.0. The van der Waals surface area contributed by atoms with Crippen LogP contribution in [0.4, 0.5) is 17.1 Å². The van der Waals surface area contributed by atoms with Crippen molar-refractivity contribution >= 4 is 17.1 Å². The number of anilines is 3. The molecule has 0 fully saturated rings. The minimum atomic E-state index is -0.229. The lowest BCUT2D eigenvalue weighted by Gasteiger charge is -2.36. The van der Waals surface area contributed by atoms with Gasteiger partial charge in [-0.2, -0.15) is 0 Å². The van der Waals surface area contributed by atoms with Crippen LogP contribution in [0.5, 0.6) is 0 Å². The van der Waals surface area contributed by atoms with Gasteiger partial charge in [-0.15, -0.1) is 0 Å². The Morgan fingerprint density at radius 3 is 1.83 bits per heavy atom. The maximum atomic E-state index is 11.2. The molecule has 118 valence electrons. The van der Waals surface area contributed by atoms with Crippen LogP contribution in [0.2, 0.25) is 0 Å². The number of fused-ring (bicyclic) bond motifs is 2. The smallest absolute Gasteiger partial charge is 0.214 e. The number of hydrogen-bond acceptors (Lipinski definition) is 3. The molecule has 0 N–H and O–H groups in total. The SMILES string of the molecule is O=[N+]([O-])CC1c2ccccc2N(c2ccccc2)c2ccccc21. The van der Waals surface area contributed by atoms with Gasteiger partial charge in [0.05, 0.1) is 17.3 Å². The Morgan fingerprint density at radius 2 is 1.29 bits per heavy atom. The average molecular weight is 316 g/mol. The van der Waals surface area contributed by atoms with Gasteiger partial charge in [-0.1, -0.05) is 54.6 Å². The summed E-state index contributed by atoms with van der Waals surface area (Å²) in [5.74, 6) is -0.229. The largest absolute Gasteiger partial charge is 0.310 e. The quantitative estimate of drug-likeness (QED) is 0.511. The molecule has 0 radical (unpaired) electrons. The van der Waals surface area contributed by atoms with E-state index in [9.17, 15) is 10.1 Å². The van der Waals surface area contributed by atoms with Gasteiger partial charge in [0.2, 0.25) is 6.54 Å². The van der Waals surface area contributed by atoms with Crippen molar-refractivity contribution in [1.29, 1.82) is 0 Å². The second-order valence-electron chi connectivity index (χ2n) is 5.86. The minimum absolute atomic E-state index is 0.101. The molecule has 24 heavy (non-hydrogen) atoms. The highest BCUT2D eigenvalue weighted by molar-refractivity contribution is 5.84. The van der Waals surface area contributed by atoms with E-state index >= 15 is 0 Å². The second-order valence-corrected chi connectivity index (χ2v) is 5.86. The molecule has 4 rings (SSSR count). The molecular weight excluding hydrogens is 300 g/mol. The number of hydrogen-bond donors (Lipinski definition) is 0. The van der Waals surface area contributed by atoms with Crippen LogP contribution in [-0.4, -0.2) is 11.5 Å². The van der Waals surface area contributed by atoms with E-state index in [-0.39, 0.29) is 17.4 Å². The number of benzene rings is 3. The molecule has 0 bridgehead atoms. The van der Waals surface area contributed by atoms with E-state index < -0.39 is 0 Å². The molecule has 0 saturated heterocycles. The van der Waals surface area contributed by atoms with Gasteiger partial charge >= 0.3 is 0 Å². The molecule has 4 nitrogen and oxygen atoms in total. The molecule has 0 aromatic heterocycles. The Labute approximate surface area is 140 Å². The van der Waals surface area contributed by atoms with Crippen LogP contribution in [0.3, 0.4) is 0 Å². The Bertz CT molecular complexity index is 845. The van der Waals surface area contributed by atoms with Gasteiger partial charge in [0.15, 0.2) is 0 Å². The second kappa shape index (κ2) is 5.81. The molecule has 4 heteroatoms. The summed E-state index contributed by atoms with van der Waals surface area (Å²) in [5, 5.41) is 11.2. The Morgan fingerprint density at radius 1 is 0.792 bits per heavy atom. The van der Waals surface area contributed by atoms with Crippen molar-refractivity contribution in [2.75, 3.05) is 11.4 Å². The number of nitro groups is 1. The van der Waals surface area contributed by atoms with Crippen LogP contribution in [0.1, 0.15) is 17.0 Å². The fourth-order valence-corrected chi connectivity index (χ4v) is 3.47. The predicted octanol–water partition coefficient (Wildman–Crippen LogP) is 4.88. The number of para-hydroxylation sites is 3. The summed E-state index contributed by atoms with van der Waals surface area (Å²) >= 11 is 0. The van der Waals surface area contributed by atoms with Crippen LogP contribution in [-0.2, 0) is 0 Å². The molecular formula is C20H16N2O2. The van der Waals surface area contributed by atoms with E-state index in [0.717, 1.165) is 28.2 Å². The first-order valence-electron chi connectivity index (χ1n) is 7.90. The van der Waals surface area contributed by atoms with Gasteiger partial charge in [-0.3, -0.25) is 10.1 Å². The van der Waals surface area contributed by atoms with E-state index in [4.69, 9.17) is 0 Å². The maximum Gasteiger partial charge on any atom is 0.214 e. The van der Waals surface area contributed by atoms with E-state index in [1.807, 2.05) is 66.7 Å². The first kappa shape index (κ1) is 14.5. The van der Waals surface area contributed by atoms with Crippen LogP contribution < -0.4 is 4.90 Å². The Balaban J connectivity index is 1.97. The topological polar surface area (TPSA) is 46.4 Å². The lowest BCUT2D eigenvalue weighted by Crippen LogP contribution is -2.25. The fourth-order valence-electron chi connectivity index (χ4n) is 3.47. The molecule has 3 aromatic rings. The van der Waals surface area contributed by atoms with Crippen molar-refractivity contribution in [1.82, 2.24) is 0 Å². The van der Waals surface area contributed by atoms with Crippen LogP contribution in [0, 0.1) is 10.1 Å². The Hall–Kier alpha value is -3.14. The third-order valence-electron chi connectivity index (χ3n) is 4.45. The molecule has 1 heterocycles. The molecule has 3 aromatic carbocycles. The fraction of sp³-hybridized carbons (Fsp3) is 0.100. The van der Waals surface area contributed by atoms with E-state index in [0.29, 0.717) is 0 Å². The molecule has 0 unspecified atom stereocenters. The normalized spacial score (nSPS) is 13.2. The van der Waals surface area contributed by atoms with Gasteiger partial charge in [0.25, 0.3) is 0 Å². The third kappa shape index (κ3) is 2.33. The van der Waals surface area contributed by atoms with Crippen molar-refractivity contribution in [2.45, 2.75) is 5.92 Å². The van der Waals surface area contributed by atoms with Crippen LogP contribution in [0.15, 0.2) is 78.9 Å².